The Morgan fingerprint density at radius 1 is 1.39 bits per heavy atom. The second-order valence-corrected chi connectivity index (χ2v) is 2.90. The molecule has 0 aromatic carbocycles. The summed E-state index contributed by atoms with van der Waals surface area (Å²) in [5.41, 5.74) is -2.43. The zero-order chi connectivity index (χ0) is 14.1. The second-order valence-electron chi connectivity index (χ2n) is 2.90. The number of aromatic carboxylic acids is 1. The Labute approximate surface area is 95.4 Å². The summed E-state index contributed by atoms with van der Waals surface area (Å²) in [7, 11) is 0. The molecular weight excluding hydrogens is 269 g/mol. The smallest absolute Gasteiger partial charge is 0.503 e. The van der Waals surface area contributed by atoms with Crippen LogP contribution in [-0.2, 0) is 0 Å². The maximum absolute atomic E-state index is 12.4. The van der Waals surface area contributed by atoms with Crippen molar-refractivity contribution >= 4 is 5.97 Å². The molecule has 1 rings (SSSR count). The Bertz CT molecular complexity index is 473. The molecule has 0 aliphatic rings. The van der Waals surface area contributed by atoms with E-state index in [1.165, 1.54) is 0 Å². The number of rotatable bonds is 3. The lowest BCUT2D eigenvalue weighted by Gasteiger charge is -2.12. The van der Waals surface area contributed by atoms with Crippen molar-refractivity contribution in [1.29, 1.82) is 0 Å². The molecule has 1 aromatic heterocycles. The predicted octanol–water partition coefficient (Wildman–Crippen LogP) is 2.32. The number of carboxylic acids is 1. The lowest BCUT2D eigenvalue weighted by Crippen LogP contribution is -2.19. The average Bonchev–Trinajstić information content (AvgIpc) is 2.18. The molecule has 0 aliphatic carbocycles. The highest BCUT2D eigenvalue weighted by Gasteiger charge is 2.35. The normalized spacial score (nSPS) is 11.7. The third kappa shape index (κ3) is 3.18. The molecule has 18 heavy (non-hydrogen) atoms. The maximum Gasteiger partial charge on any atom is 0.574 e. The molecule has 100 valence electrons. The first kappa shape index (κ1) is 13.9. The van der Waals surface area contributed by atoms with Gasteiger partial charge in [0.2, 0.25) is 0 Å². The van der Waals surface area contributed by atoms with Gasteiger partial charge in [-0.2, -0.15) is 0 Å². The Morgan fingerprint density at radius 2 is 1.94 bits per heavy atom. The Morgan fingerprint density at radius 3 is 2.33 bits per heavy atom. The highest BCUT2D eigenvalue weighted by Crippen LogP contribution is 2.37. The zero-order valence-electron chi connectivity index (χ0n) is 8.20. The summed E-state index contributed by atoms with van der Waals surface area (Å²) in [6, 6.07) is 0.256. The number of ether oxygens (including phenoxy) is 1. The molecule has 0 saturated heterocycles. The van der Waals surface area contributed by atoms with Crippen molar-refractivity contribution in [2.24, 2.45) is 0 Å². The van der Waals surface area contributed by atoms with E-state index in [1.807, 2.05) is 0 Å². The van der Waals surface area contributed by atoms with Gasteiger partial charge in [-0.15, -0.1) is 13.2 Å². The van der Waals surface area contributed by atoms with Crippen molar-refractivity contribution in [2.45, 2.75) is 12.8 Å². The number of hydrogen-bond donors (Lipinski definition) is 2. The van der Waals surface area contributed by atoms with Crippen LogP contribution in [0.3, 0.4) is 0 Å². The molecule has 0 fully saturated rings. The predicted molar refractivity (Wildman–Crippen MR) is 44.5 cm³/mol. The van der Waals surface area contributed by atoms with Gasteiger partial charge in [0.1, 0.15) is 0 Å². The molecule has 0 atom stereocenters. The summed E-state index contributed by atoms with van der Waals surface area (Å²) < 4.78 is 63.5. The van der Waals surface area contributed by atoms with Crippen molar-refractivity contribution in [1.82, 2.24) is 4.98 Å². The van der Waals surface area contributed by atoms with Gasteiger partial charge in [0, 0.05) is 0 Å². The van der Waals surface area contributed by atoms with Crippen LogP contribution < -0.4 is 4.74 Å². The van der Waals surface area contributed by atoms with E-state index in [-0.39, 0.29) is 6.07 Å². The first-order valence-electron chi connectivity index (χ1n) is 4.13. The first-order valence-corrected chi connectivity index (χ1v) is 4.13. The van der Waals surface area contributed by atoms with Crippen LogP contribution in [0.2, 0.25) is 0 Å². The molecule has 2 N–H and O–H groups in total. The number of carboxylic acid groups (broad SMARTS) is 1. The minimum absolute atomic E-state index is 0.256. The van der Waals surface area contributed by atoms with E-state index in [9.17, 15) is 26.7 Å². The van der Waals surface area contributed by atoms with Crippen LogP contribution in [0.5, 0.6) is 11.6 Å². The monoisotopic (exact) mass is 273 g/mol. The van der Waals surface area contributed by atoms with Gasteiger partial charge < -0.3 is 14.9 Å². The van der Waals surface area contributed by atoms with Crippen LogP contribution in [0.1, 0.15) is 22.5 Å². The highest BCUT2D eigenvalue weighted by molar-refractivity contribution is 5.86. The molecule has 0 radical (unpaired) electrons. The summed E-state index contributed by atoms with van der Waals surface area (Å²) >= 11 is 0. The summed E-state index contributed by atoms with van der Waals surface area (Å²) in [4.78, 5) is 13.3. The summed E-state index contributed by atoms with van der Waals surface area (Å²) in [6.45, 7) is 0. The molecule has 5 nitrogen and oxygen atoms in total. The van der Waals surface area contributed by atoms with Crippen molar-refractivity contribution in [3.05, 3.63) is 17.3 Å². The van der Waals surface area contributed by atoms with Gasteiger partial charge in [-0.3, -0.25) is 0 Å². The topological polar surface area (TPSA) is 79.7 Å². The van der Waals surface area contributed by atoms with Gasteiger partial charge in [-0.1, -0.05) is 0 Å². The van der Waals surface area contributed by atoms with Crippen LogP contribution in [0.25, 0.3) is 0 Å². The zero-order valence-corrected chi connectivity index (χ0v) is 8.20. The fourth-order valence-electron chi connectivity index (χ4n) is 0.990. The maximum atomic E-state index is 12.4. The number of carbonyl (C=O) groups is 1. The highest BCUT2D eigenvalue weighted by atomic mass is 19.4. The largest absolute Gasteiger partial charge is 0.574 e. The Kier molecular flexibility index (Phi) is 3.58. The average molecular weight is 273 g/mol. The molecule has 1 aromatic rings. The van der Waals surface area contributed by atoms with Crippen molar-refractivity contribution in [3.8, 4) is 11.6 Å². The van der Waals surface area contributed by atoms with Crippen molar-refractivity contribution in [3.63, 3.8) is 0 Å². The molecule has 0 spiro atoms. The molecule has 0 bridgehead atoms. The number of aromatic hydroxyl groups is 1. The Hall–Kier alpha value is -2.13. The number of alkyl halides is 5. The van der Waals surface area contributed by atoms with Gasteiger partial charge in [-0.25, -0.2) is 18.6 Å². The van der Waals surface area contributed by atoms with Crippen LogP contribution >= 0.6 is 0 Å². The summed E-state index contributed by atoms with van der Waals surface area (Å²) in [5, 5.41) is 17.5. The summed E-state index contributed by atoms with van der Waals surface area (Å²) in [6.07, 6.45) is -8.69. The fourth-order valence-corrected chi connectivity index (χ4v) is 0.990. The van der Waals surface area contributed by atoms with Gasteiger partial charge in [0.25, 0.3) is 12.3 Å². The molecular formula is C8H4F5NO4. The lowest BCUT2D eigenvalue weighted by molar-refractivity contribution is -0.276. The molecule has 10 heteroatoms. The second kappa shape index (κ2) is 4.63. The number of hydrogen-bond acceptors (Lipinski definition) is 4. The van der Waals surface area contributed by atoms with Crippen LogP contribution in [0.15, 0.2) is 6.07 Å². The molecule has 0 aliphatic heterocycles. The van der Waals surface area contributed by atoms with E-state index in [2.05, 4.69) is 9.72 Å². The minimum atomic E-state index is -5.30. The van der Waals surface area contributed by atoms with Gasteiger partial charge >= 0.3 is 12.3 Å². The number of halogens is 5. The first-order chi connectivity index (χ1) is 8.11. The SMILES string of the molecule is O=C(O)c1cc(C(F)F)c(O)c(OC(F)(F)F)n1. The Balaban J connectivity index is 3.36. The van der Waals surface area contributed by atoms with E-state index in [0.29, 0.717) is 0 Å². The molecule has 0 unspecified atom stereocenters. The van der Waals surface area contributed by atoms with Crippen LogP contribution in [0, 0.1) is 0 Å². The van der Waals surface area contributed by atoms with E-state index in [1.54, 1.807) is 0 Å². The van der Waals surface area contributed by atoms with Gasteiger partial charge in [0.15, 0.2) is 11.4 Å². The number of nitrogens with zero attached hydrogens (tertiary/aromatic N) is 1. The van der Waals surface area contributed by atoms with E-state index in [0.717, 1.165) is 0 Å². The van der Waals surface area contributed by atoms with E-state index >= 15 is 0 Å². The fraction of sp³-hybridized carbons (Fsp3) is 0.250. The van der Waals surface area contributed by atoms with E-state index in [4.69, 9.17) is 10.2 Å². The number of aromatic nitrogens is 1. The molecule has 1 heterocycles. The standard InChI is InChI=1S/C8H4F5NO4/c9-5(10)2-1-3(7(16)17)14-6(4(2)15)18-8(11,12)13/h1,5,15H,(H,16,17). The van der Waals surface area contributed by atoms with Gasteiger partial charge in [0.05, 0.1) is 5.56 Å². The van der Waals surface area contributed by atoms with Crippen LogP contribution in [0.4, 0.5) is 22.0 Å². The molecule has 0 saturated carbocycles. The summed E-state index contributed by atoms with van der Waals surface area (Å²) in [5.74, 6) is -5.05. The number of pyridine rings is 1. The van der Waals surface area contributed by atoms with Crippen LogP contribution in [-0.4, -0.2) is 27.5 Å². The van der Waals surface area contributed by atoms with Gasteiger partial charge in [-0.05, 0) is 6.07 Å². The molecule has 0 amide bonds. The van der Waals surface area contributed by atoms with E-state index < -0.39 is 41.6 Å². The minimum Gasteiger partial charge on any atom is -0.503 e. The third-order valence-corrected chi connectivity index (χ3v) is 1.66. The van der Waals surface area contributed by atoms with Crippen molar-refractivity contribution < 1.29 is 41.7 Å². The third-order valence-electron chi connectivity index (χ3n) is 1.66. The quantitative estimate of drug-likeness (QED) is 0.826. The lowest BCUT2D eigenvalue weighted by atomic mass is 10.2. The van der Waals surface area contributed by atoms with Crippen molar-refractivity contribution in [2.75, 3.05) is 0 Å².